The number of aryl methyl sites for hydroxylation is 1. The number of ether oxygens (including phenoxy) is 1. The molecule has 0 spiro atoms. The molecular formula is C24H28N8O2. The van der Waals surface area contributed by atoms with E-state index in [9.17, 15) is 4.79 Å². The van der Waals surface area contributed by atoms with Crippen molar-refractivity contribution < 1.29 is 9.53 Å². The molecule has 3 aromatic heterocycles. The van der Waals surface area contributed by atoms with Crippen LogP contribution in [0.5, 0.6) is 5.88 Å². The third-order valence-corrected chi connectivity index (χ3v) is 6.29. The predicted octanol–water partition coefficient (Wildman–Crippen LogP) is 2.21. The summed E-state index contributed by atoms with van der Waals surface area (Å²) in [7, 11) is 3.50. The maximum Gasteiger partial charge on any atom is 0.223 e. The second-order valence-corrected chi connectivity index (χ2v) is 8.55. The number of H-pyrrole nitrogens is 1. The van der Waals surface area contributed by atoms with Crippen molar-refractivity contribution in [2.45, 2.75) is 19.0 Å². The fourth-order valence-corrected chi connectivity index (χ4v) is 4.59. The number of nitrogens with one attached hydrogen (secondary N) is 1. The lowest BCUT2D eigenvalue weighted by molar-refractivity contribution is -0.109. The normalized spacial score (nSPS) is 17.6. The van der Waals surface area contributed by atoms with E-state index >= 15 is 0 Å². The summed E-state index contributed by atoms with van der Waals surface area (Å²) in [5.74, 6) is 1.39. The molecule has 1 unspecified atom stereocenters. The maximum atomic E-state index is 11.4. The molecule has 1 aliphatic rings. The molecule has 1 aliphatic heterocycles. The fourth-order valence-electron chi connectivity index (χ4n) is 4.59. The Labute approximate surface area is 197 Å². The van der Waals surface area contributed by atoms with Crippen LogP contribution in [0.2, 0.25) is 0 Å². The summed E-state index contributed by atoms with van der Waals surface area (Å²) >= 11 is 0. The first-order valence-corrected chi connectivity index (χ1v) is 11.4. The van der Waals surface area contributed by atoms with Crippen molar-refractivity contribution in [2.75, 3.05) is 33.3 Å². The number of aldehydes is 1. The summed E-state index contributed by atoms with van der Waals surface area (Å²) in [5, 5.41) is 9.28. The first kappa shape index (κ1) is 22.2. The highest BCUT2D eigenvalue weighted by Crippen LogP contribution is 2.32. The van der Waals surface area contributed by atoms with E-state index in [1.165, 1.54) is 0 Å². The smallest absolute Gasteiger partial charge is 0.223 e. The maximum absolute atomic E-state index is 11.4. The summed E-state index contributed by atoms with van der Waals surface area (Å²) in [6.07, 6.45) is 5.57. The number of benzene rings is 1. The summed E-state index contributed by atoms with van der Waals surface area (Å²) in [6.45, 7) is 3.57. The molecule has 1 atom stereocenters. The first-order valence-electron chi connectivity index (χ1n) is 11.4. The Hall–Kier alpha value is -3.63. The first-order chi connectivity index (χ1) is 16.6. The number of aromatic nitrogens is 6. The van der Waals surface area contributed by atoms with Gasteiger partial charge in [0.25, 0.3) is 0 Å². The number of imidazole rings is 1. The van der Waals surface area contributed by atoms with Gasteiger partial charge in [0.2, 0.25) is 5.88 Å². The van der Waals surface area contributed by atoms with Crippen molar-refractivity contribution in [1.29, 1.82) is 0 Å². The van der Waals surface area contributed by atoms with Gasteiger partial charge in [0.15, 0.2) is 0 Å². The van der Waals surface area contributed by atoms with Crippen LogP contribution in [-0.2, 0) is 18.4 Å². The zero-order valence-electron chi connectivity index (χ0n) is 19.4. The summed E-state index contributed by atoms with van der Waals surface area (Å²) < 4.78 is 7.30. The molecule has 1 N–H and O–H groups in total. The Kier molecular flexibility index (Phi) is 6.33. The molecule has 10 heteroatoms. The van der Waals surface area contributed by atoms with Crippen LogP contribution in [0, 0.1) is 0 Å². The van der Waals surface area contributed by atoms with Crippen molar-refractivity contribution in [2.24, 2.45) is 7.05 Å². The minimum absolute atomic E-state index is 0.00483. The van der Waals surface area contributed by atoms with E-state index in [2.05, 4.69) is 36.1 Å². The van der Waals surface area contributed by atoms with Gasteiger partial charge in [-0.1, -0.05) is 23.4 Å². The van der Waals surface area contributed by atoms with Crippen molar-refractivity contribution in [3.05, 3.63) is 54.2 Å². The highest BCUT2D eigenvalue weighted by atomic mass is 16.5. The Morgan fingerprint density at radius 3 is 2.91 bits per heavy atom. The lowest BCUT2D eigenvalue weighted by Gasteiger charge is -2.25. The Bertz CT molecular complexity index is 1280. The molecule has 0 radical (unpaired) electrons. The monoisotopic (exact) mass is 460 g/mol. The molecule has 0 amide bonds. The minimum Gasteiger partial charge on any atom is -0.480 e. The molecule has 4 aromatic rings. The van der Waals surface area contributed by atoms with Gasteiger partial charge in [-0.3, -0.25) is 14.5 Å². The summed E-state index contributed by atoms with van der Waals surface area (Å²) in [5.41, 5.74) is 3.53. The topological polar surface area (TPSA) is 105 Å². The lowest BCUT2D eigenvalue weighted by Crippen LogP contribution is -2.33. The van der Waals surface area contributed by atoms with Gasteiger partial charge in [-0.15, -0.1) is 5.10 Å². The zero-order chi connectivity index (χ0) is 23.5. The Morgan fingerprint density at radius 1 is 1.24 bits per heavy atom. The van der Waals surface area contributed by atoms with Crippen LogP contribution in [0.1, 0.15) is 24.0 Å². The van der Waals surface area contributed by atoms with Gasteiger partial charge in [-0.05, 0) is 18.6 Å². The number of hydrogen-bond acceptors (Lipinski definition) is 8. The average molecular weight is 461 g/mol. The molecule has 1 aromatic carbocycles. The third-order valence-electron chi connectivity index (χ3n) is 6.29. The van der Waals surface area contributed by atoms with Gasteiger partial charge < -0.3 is 14.5 Å². The van der Waals surface area contributed by atoms with Crippen LogP contribution in [-0.4, -0.2) is 79.3 Å². The van der Waals surface area contributed by atoms with Gasteiger partial charge >= 0.3 is 0 Å². The molecule has 10 nitrogen and oxygen atoms in total. The molecule has 176 valence electrons. The molecular weight excluding hydrogens is 432 g/mol. The number of aromatic amines is 1. The second-order valence-electron chi connectivity index (χ2n) is 8.55. The van der Waals surface area contributed by atoms with Crippen LogP contribution in [0.4, 0.5) is 0 Å². The van der Waals surface area contributed by atoms with E-state index in [0.29, 0.717) is 12.4 Å². The number of fused-ring (bicyclic) bond motifs is 1. The van der Waals surface area contributed by atoms with Crippen molar-refractivity contribution in [3.63, 3.8) is 0 Å². The van der Waals surface area contributed by atoms with Crippen molar-refractivity contribution in [1.82, 2.24) is 39.7 Å². The Balaban J connectivity index is 1.40. The van der Waals surface area contributed by atoms with E-state index in [4.69, 9.17) is 9.72 Å². The summed E-state index contributed by atoms with van der Waals surface area (Å²) in [4.78, 5) is 28.8. The number of carbonyl (C=O) groups is 1. The van der Waals surface area contributed by atoms with Gasteiger partial charge in [-0.25, -0.2) is 9.97 Å². The standard InChI is InChI=1S/C24H28N8O2/c1-30-15-18(28-29-30)16-31-8-7-22(32(10-9-31)11-12-33)23-25-14-21(26-23)19-13-17-5-3-4-6-20(17)27-24(19)34-2/h3-6,12-15,22H,7-11,16H2,1-2H3,(H,25,26). The van der Waals surface area contributed by atoms with E-state index in [-0.39, 0.29) is 6.04 Å². The molecule has 5 rings (SSSR count). The largest absolute Gasteiger partial charge is 0.480 e. The third kappa shape index (κ3) is 4.55. The van der Waals surface area contributed by atoms with Gasteiger partial charge in [-0.2, -0.15) is 0 Å². The van der Waals surface area contributed by atoms with Gasteiger partial charge in [0.05, 0.1) is 48.4 Å². The predicted molar refractivity (Wildman–Crippen MR) is 127 cm³/mol. The van der Waals surface area contributed by atoms with Gasteiger partial charge in [0, 0.05) is 44.8 Å². The summed E-state index contributed by atoms with van der Waals surface area (Å²) in [6, 6.07) is 10.0. The van der Waals surface area contributed by atoms with E-state index < -0.39 is 0 Å². The number of rotatable bonds is 7. The van der Waals surface area contributed by atoms with Crippen LogP contribution in [0.15, 0.2) is 42.7 Å². The van der Waals surface area contributed by atoms with Crippen molar-refractivity contribution >= 4 is 17.2 Å². The zero-order valence-corrected chi connectivity index (χ0v) is 19.4. The number of hydrogen-bond donors (Lipinski definition) is 1. The molecule has 34 heavy (non-hydrogen) atoms. The fraction of sp³-hybridized carbons (Fsp3) is 0.375. The van der Waals surface area contributed by atoms with Gasteiger partial charge in [0.1, 0.15) is 12.1 Å². The number of para-hydroxylation sites is 1. The van der Waals surface area contributed by atoms with Crippen molar-refractivity contribution in [3.8, 4) is 17.1 Å². The van der Waals surface area contributed by atoms with Crippen LogP contribution < -0.4 is 4.74 Å². The van der Waals surface area contributed by atoms with E-state index in [1.54, 1.807) is 11.8 Å². The number of nitrogens with zero attached hydrogens (tertiary/aromatic N) is 7. The van der Waals surface area contributed by atoms with E-state index in [0.717, 1.165) is 72.6 Å². The molecule has 4 heterocycles. The van der Waals surface area contributed by atoms with Crippen LogP contribution >= 0.6 is 0 Å². The second kappa shape index (κ2) is 9.70. The quantitative estimate of drug-likeness (QED) is 0.419. The highest BCUT2D eigenvalue weighted by Gasteiger charge is 2.28. The molecule has 1 saturated heterocycles. The van der Waals surface area contributed by atoms with Crippen LogP contribution in [0.25, 0.3) is 22.2 Å². The minimum atomic E-state index is 0.00483. The molecule has 1 fully saturated rings. The van der Waals surface area contributed by atoms with Crippen LogP contribution in [0.3, 0.4) is 0 Å². The SMILES string of the molecule is COc1nc2ccccc2cc1-c1cnc(C2CCN(Cc3cn(C)nn3)CCN2CC=O)[nH]1. The highest BCUT2D eigenvalue weighted by molar-refractivity contribution is 5.85. The molecule has 0 saturated carbocycles. The lowest BCUT2D eigenvalue weighted by atomic mass is 10.1. The number of carbonyl (C=O) groups excluding carboxylic acids is 1. The molecule has 0 aliphatic carbocycles. The number of pyridine rings is 1. The Morgan fingerprint density at radius 2 is 2.12 bits per heavy atom. The number of methoxy groups -OCH3 is 1. The molecule has 0 bridgehead atoms. The van der Waals surface area contributed by atoms with E-state index in [1.807, 2.05) is 43.7 Å². The average Bonchev–Trinajstić information content (AvgIpc) is 3.45.